The highest BCUT2D eigenvalue weighted by Gasteiger charge is 2.25. The number of pyridine rings is 1. The topological polar surface area (TPSA) is 74.5 Å². The molecule has 8 nitrogen and oxygen atoms in total. The quantitative estimate of drug-likeness (QED) is 0.279. The average Bonchev–Trinajstić information content (AvgIpc) is 3.31. The van der Waals surface area contributed by atoms with Gasteiger partial charge < -0.3 is 22.9 Å². The van der Waals surface area contributed by atoms with Crippen LogP contribution in [0.4, 0.5) is 0 Å². The van der Waals surface area contributed by atoms with Gasteiger partial charge in [-0.15, -0.1) is 0 Å². The maximum absolute atomic E-state index is 12.7. The SMILES string of the molecule is CCOP(=O)(CCN1CC=C(c2ccn3cc(-c4cc(Cl)c(OC)cc4OC)nc3c2)CC1)OCC. The Hall–Kier alpha value is -2.35. The second-order valence-corrected chi connectivity index (χ2v) is 11.0. The first-order valence-electron chi connectivity index (χ1n) is 12.1. The molecule has 0 atom stereocenters. The summed E-state index contributed by atoms with van der Waals surface area (Å²) in [4.78, 5) is 7.11. The van der Waals surface area contributed by atoms with E-state index in [1.807, 2.05) is 36.7 Å². The predicted octanol–water partition coefficient (Wildman–Crippen LogP) is 6.03. The molecule has 1 aromatic carbocycles. The molecule has 0 N–H and O–H groups in total. The standard InChI is InChI=1S/C26H33ClN3O5P/c1-5-34-36(31,35-6-2)14-13-29-10-7-19(8-11-29)20-9-12-30-18-23(28-26(30)15-20)21-16-22(27)25(33-4)17-24(21)32-3/h7,9,12,15-18H,5-6,8,10-11,13-14H2,1-4H3. The lowest BCUT2D eigenvalue weighted by Gasteiger charge is -2.28. The van der Waals surface area contributed by atoms with Gasteiger partial charge in [-0.25, -0.2) is 4.98 Å². The van der Waals surface area contributed by atoms with Crippen LogP contribution in [0.25, 0.3) is 22.5 Å². The van der Waals surface area contributed by atoms with Gasteiger partial charge in [0.15, 0.2) is 0 Å². The smallest absolute Gasteiger partial charge is 0.331 e. The van der Waals surface area contributed by atoms with Crippen LogP contribution in [0, 0.1) is 0 Å². The van der Waals surface area contributed by atoms with Gasteiger partial charge >= 0.3 is 7.60 Å². The van der Waals surface area contributed by atoms with E-state index in [2.05, 4.69) is 23.1 Å². The Kier molecular flexibility index (Phi) is 8.75. The molecule has 0 fully saturated rings. The molecule has 10 heteroatoms. The number of methoxy groups -OCH3 is 2. The molecule has 3 heterocycles. The van der Waals surface area contributed by atoms with Crippen LogP contribution in [-0.2, 0) is 13.6 Å². The lowest BCUT2D eigenvalue weighted by atomic mass is 10.0. The summed E-state index contributed by atoms with van der Waals surface area (Å²) < 4.78 is 36.4. The molecule has 2 aromatic heterocycles. The van der Waals surface area contributed by atoms with Crippen LogP contribution < -0.4 is 9.47 Å². The highest BCUT2D eigenvalue weighted by atomic mass is 35.5. The number of rotatable bonds is 11. The molecule has 0 radical (unpaired) electrons. The van der Waals surface area contributed by atoms with Gasteiger partial charge in [-0.2, -0.15) is 0 Å². The molecule has 0 amide bonds. The zero-order valence-corrected chi connectivity index (χ0v) is 22.8. The molecule has 194 valence electrons. The molecule has 3 aromatic rings. The molecule has 1 aliphatic heterocycles. The van der Waals surface area contributed by atoms with Crippen molar-refractivity contribution < 1.29 is 23.1 Å². The van der Waals surface area contributed by atoms with Crippen LogP contribution in [0.15, 0.2) is 42.7 Å². The van der Waals surface area contributed by atoms with E-state index in [1.54, 1.807) is 20.3 Å². The normalized spacial score (nSPS) is 14.8. The highest BCUT2D eigenvalue weighted by molar-refractivity contribution is 7.53. The van der Waals surface area contributed by atoms with Crippen LogP contribution in [0.2, 0.25) is 5.02 Å². The molecule has 0 unspecified atom stereocenters. The largest absolute Gasteiger partial charge is 0.496 e. The van der Waals surface area contributed by atoms with Crippen molar-refractivity contribution in [2.24, 2.45) is 0 Å². The zero-order valence-electron chi connectivity index (χ0n) is 21.2. The summed E-state index contributed by atoms with van der Waals surface area (Å²) in [6.07, 6.45) is 7.52. The third-order valence-electron chi connectivity index (χ3n) is 6.22. The van der Waals surface area contributed by atoms with Gasteiger partial charge in [0.25, 0.3) is 0 Å². The van der Waals surface area contributed by atoms with Crippen molar-refractivity contribution in [3.63, 3.8) is 0 Å². The number of nitrogens with zero attached hydrogens (tertiary/aromatic N) is 3. The summed E-state index contributed by atoms with van der Waals surface area (Å²) >= 11 is 6.37. The van der Waals surface area contributed by atoms with Gasteiger partial charge in [0.05, 0.1) is 44.3 Å². The molecule has 0 aliphatic carbocycles. The fourth-order valence-corrected chi connectivity index (χ4v) is 6.26. The van der Waals surface area contributed by atoms with Crippen molar-refractivity contribution in [3.05, 3.63) is 53.3 Å². The van der Waals surface area contributed by atoms with Crippen molar-refractivity contribution >= 4 is 30.4 Å². The minimum absolute atomic E-state index is 0.386. The van der Waals surface area contributed by atoms with E-state index in [0.717, 1.165) is 42.0 Å². The second-order valence-electron chi connectivity index (χ2n) is 8.44. The van der Waals surface area contributed by atoms with E-state index in [9.17, 15) is 4.57 Å². The Bertz CT molecular complexity index is 1280. The van der Waals surface area contributed by atoms with Crippen LogP contribution in [-0.4, -0.2) is 67.5 Å². The minimum atomic E-state index is -3.02. The van der Waals surface area contributed by atoms with E-state index in [4.69, 9.17) is 35.1 Å². The number of halogens is 1. The molecule has 0 saturated carbocycles. The molecule has 0 saturated heterocycles. The van der Waals surface area contributed by atoms with Gasteiger partial charge in [0.1, 0.15) is 17.1 Å². The second kappa shape index (κ2) is 11.8. The van der Waals surface area contributed by atoms with Gasteiger partial charge in [0.2, 0.25) is 0 Å². The van der Waals surface area contributed by atoms with Crippen molar-refractivity contribution in [1.29, 1.82) is 0 Å². The van der Waals surface area contributed by atoms with Crippen molar-refractivity contribution in [2.75, 3.05) is 53.2 Å². The van der Waals surface area contributed by atoms with Gasteiger partial charge in [0, 0.05) is 43.7 Å². The average molecular weight is 534 g/mol. The third kappa shape index (κ3) is 5.96. The van der Waals surface area contributed by atoms with Crippen molar-refractivity contribution in [2.45, 2.75) is 20.3 Å². The van der Waals surface area contributed by atoms with Crippen molar-refractivity contribution in [1.82, 2.24) is 14.3 Å². The minimum Gasteiger partial charge on any atom is -0.496 e. The monoisotopic (exact) mass is 533 g/mol. The molecule has 0 spiro atoms. The summed E-state index contributed by atoms with van der Waals surface area (Å²) in [5, 5.41) is 0.502. The van der Waals surface area contributed by atoms with Crippen LogP contribution in [0.1, 0.15) is 25.8 Å². The molecule has 4 rings (SSSR count). The zero-order chi connectivity index (χ0) is 25.7. The summed E-state index contributed by atoms with van der Waals surface area (Å²) in [7, 11) is 0.171. The number of hydrogen-bond acceptors (Lipinski definition) is 7. The Balaban J connectivity index is 1.49. The maximum Gasteiger partial charge on any atom is 0.331 e. The highest BCUT2D eigenvalue weighted by Crippen LogP contribution is 2.47. The third-order valence-corrected chi connectivity index (χ3v) is 8.56. The molecule has 36 heavy (non-hydrogen) atoms. The van der Waals surface area contributed by atoms with E-state index in [0.29, 0.717) is 42.4 Å². The van der Waals surface area contributed by atoms with E-state index in [-0.39, 0.29) is 0 Å². The molecule has 0 bridgehead atoms. The molecule has 1 aliphatic rings. The Labute approximate surface area is 217 Å². The van der Waals surface area contributed by atoms with E-state index in [1.165, 1.54) is 5.57 Å². The van der Waals surface area contributed by atoms with Crippen LogP contribution >= 0.6 is 19.2 Å². The number of aromatic nitrogens is 2. The predicted molar refractivity (Wildman–Crippen MR) is 144 cm³/mol. The Morgan fingerprint density at radius 2 is 1.83 bits per heavy atom. The van der Waals surface area contributed by atoms with Gasteiger partial charge in [-0.1, -0.05) is 17.7 Å². The van der Waals surface area contributed by atoms with E-state index >= 15 is 0 Å². The number of fused-ring (bicyclic) bond motifs is 1. The number of benzene rings is 1. The summed E-state index contributed by atoms with van der Waals surface area (Å²) in [6.45, 7) is 6.80. The van der Waals surface area contributed by atoms with Crippen LogP contribution in [0.3, 0.4) is 0 Å². The summed E-state index contributed by atoms with van der Waals surface area (Å²) in [5.74, 6) is 1.20. The fraction of sp³-hybridized carbons (Fsp3) is 0.423. The van der Waals surface area contributed by atoms with Gasteiger partial charge in [-0.3, -0.25) is 9.46 Å². The fourth-order valence-electron chi connectivity index (χ4n) is 4.37. The van der Waals surface area contributed by atoms with Crippen LogP contribution in [0.5, 0.6) is 11.5 Å². The summed E-state index contributed by atoms with van der Waals surface area (Å²) in [5.41, 5.74) is 4.84. The summed E-state index contributed by atoms with van der Waals surface area (Å²) in [6, 6.07) is 7.79. The number of hydrogen-bond donors (Lipinski definition) is 0. The van der Waals surface area contributed by atoms with E-state index < -0.39 is 7.60 Å². The lowest BCUT2D eigenvalue weighted by molar-refractivity contribution is 0.214. The molecular weight excluding hydrogens is 501 g/mol. The molecular formula is C26H33ClN3O5P. The first kappa shape index (κ1) is 26.7. The number of imidazole rings is 1. The Morgan fingerprint density at radius 3 is 2.47 bits per heavy atom. The maximum atomic E-state index is 12.7. The van der Waals surface area contributed by atoms with Gasteiger partial charge in [-0.05, 0) is 49.6 Å². The lowest BCUT2D eigenvalue weighted by Crippen LogP contribution is -2.31. The van der Waals surface area contributed by atoms with Crippen molar-refractivity contribution in [3.8, 4) is 22.8 Å². The Morgan fingerprint density at radius 1 is 1.08 bits per heavy atom. The first-order valence-corrected chi connectivity index (χ1v) is 14.2. The first-order chi connectivity index (χ1) is 17.4. The number of ether oxygens (including phenoxy) is 2.